The maximum Gasteiger partial charge on any atom is 1.00 e. The van der Waals surface area contributed by atoms with E-state index in [0.717, 1.165) is 25.7 Å². The van der Waals surface area contributed by atoms with Crippen LogP contribution in [0.2, 0.25) is 0 Å². The van der Waals surface area contributed by atoms with Gasteiger partial charge in [-0.2, -0.15) is 0 Å². The molecule has 1 fully saturated rings. The summed E-state index contributed by atoms with van der Waals surface area (Å²) in [6, 6.07) is 0. The Morgan fingerprint density at radius 3 is 2.75 bits per heavy atom. The van der Waals surface area contributed by atoms with Gasteiger partial charge in [0.1, 0.15) is 12.4 Å². The van der Waals surface area contributed by atoms with Crippen molar-refractivity contribution in [2.75, 3.05) is 6.61 Å². The number of carbonyl (C=O) groups is 1. The van der Waals surface area contributed by atoms with Gasteiger partial charge in [0.25, 0.3) is 0 Å². The van der Waals surface area contributed by atoms with Crippen molar-refractivity contribution >= 4 is 6.29 Å². The quantitative estimate of drug-likeness (QED) is 0.285. The SMILES string of the molecule is O=CC1CCCO1.[H-].[Na+]. The van der Waals surface area contributed by atoms with Crippen molar-refractivity contribution in [3.8, 4) is 0 Å². The van der Waals surface area contributed by atoms with E-state index < -0.39 is 0 Å². The van der Waals surface area contributed by atoms with Crippen LogP contribution in [0.15, 0.2) is 0 Å². The van der Waals surface area contributed by atoms with Crippen LogP contribution in [-0.2, 0) is 9.53 Å². The first-order chi connectivity index (χ1) is 3.43. The molecule has 1 rings (SSSR count). The Balaban J connectivity index is 0. The Kier molecular flexibility index (Phi) is 4.86. The van der Waals surface area contributed by atoms with Crippen LogP contribution in [0.1, 0.15) is 14.3 Å². The molecule has 3 heteroatoms. The van der Waals surface area contributed by atoms with Crippen molar-refractivity contribution in [3.63, 3.8) is 0 Å². The Labute approximate surface area is 72.4 Å². The van der Waals surface area contributed by atoms with Crippen molar-refractivity contribution in [3.05, 3.63) is 0 Å². The smallest absolute Gasteiger partial charge is 1.00 e. The van der Waals surface area contributed by atoms with Gasteiger partial charge < -0.3 is 11.0 Å². The van der Waals surface area contributed by atoms with Gasteiger partial charge in [0.15, 0.2) is 0 Å². The molecular weight excluding hydrogens is 115 g/mol. The summed E-state index contributed by atoms with van der Waals surface area (Å²) < 4.78 is 4.93. The number of hydrogen-bond donors (Lipinski definition) is 0. The second-order valence-electron chi connectivity index (χ2n) is 1.69. The molecule has 1 saturated heterocycles. The third-order valence-corrected chi connectivity index (χ3v) is 1.12. The Hall–Kier alpha value is 0.630. The summed E-state index contributed by atoms with van der Waals surface area (Å²) in [6.07, 6.45) is 2.75. The van der Waals surface area contributed by atoms with Crippen LogP contribution < -0.4 is 29.6 Å². The van der Waals surface area contributed by atoms with E-state index in [1.165, 1.54) is 0 Å². The van der Waals surface area contributed by atoms with E-state index in [9.17, 15) is 4.79 Å². The van der Waals surface area contributed by atoms with Gasteiger partial charge in [-0.05, 0) is 12.8 Å². The van der Waals surface area contributed by atoms with E-state index in [0.29, 0.717) is 0 Å². The molecule has 1 atom stereocenters. The van der Waals surface area contributed by atoms with E-state index in [2.05, 4.69) is 0 Å². The van der Waals surface area contributed by atoms with Gasteiger partial charge in [-0.15, -0.1) is 0 Å². The van der Waals surface area contributed by atoms with Gasteiger partial charge in [-0.3, -0.25) is 0 Å². The van der Waals surface area contributed by atoms with E-state index >= 15 is 0 Å². The zero-order valence-electron chi connectivity index (χ0n) is 6.09. The first kappa shape index (κ1) is 8.63. The molecule has 0 saturated carbocycles. The monoisotopic (exact) mass is 124 g/mol. The second-order valence-corrected chi connectivity index (χ2v) is 1.69. The van der Waals surface area contributed by atoms with E-state index in [4.69, 9.17) is 4.74 Å². The Morgan fingerprint density at radius 1 is 1.75 bits per heavy atom. The number of aldehydes is 1. The van der Waals surface area contributed by atoms with Gasteiger partial charge in [-0.1, -0.05) is 0 Å². The standard InChI is InChI=1S/C5H8O2.Na.H/c6-4-5-2-1-3-7-5;;/h4-5H,1-3H2;;/q;+1;-1. The van der Waals surface area contributed by atoms with Gasteiger partial charge >= 0.3 is 29.6 Å². The molecule has 0 aromatic heterocycles. The molecule has 0 aromatic carbocycles. The number of carbonyl (C=O) groups excluding carboxylic acids is 1. The first-order valence-corrected chi connectivity index (χ1v) is 2.50. The summed E-state index contributed by atoms with van der Waals surface area (Å²) >= 11 is 0. The molecule has 1 heterocycles. The largest absolute Gasteiger partial charge is 1.00 e. The number of ether oxygens (including phenoxy) is 1. The summed E-state index contributed by atoms with van der Waals surface area (Å²) in [5.74, 6) is 0. The van der Waals surface area contributed by atoms with Crippen molar-refractivity contribution in [1.82, 2.24) is 0 Å². The molecule has 0 spiro atoms. The molecule has 0 aromatic rings. The first-order valence-electron chi connectivity index (χ1n) is 2.50. The molecule has 0 amide bonds. The maximum absolute atomic E-state index is 9.88. The van der Waals surface area contributed by atoms with Gasteiger partial charge in [-0.25, -0.2) is 0 Å². The minimum absolute atomic E-state index is 0. The average molecular weight is 124 g/mol. The summed E-state index contributed by atoms with van der Waals surface area (Å²) in [5, 5.41) is 0. The van der Waals surface area contributed by atoms with Crippen LogP contribution in [0, 0.1) is 0 Å². The van der Waals surface area contributed by atoms with Crippen molar-refractivity contribution in [1.29, 1.82) is 0 Å². The van der Waals surface area contributed by atoms with E-state index in [1.54, 1.807) is 0 Å². The topological polar surface area (TPSA) is 26.3 Å². The van der Waals surface area contributed by atoms with Crippen molar-refractivity contribution in [2.24, 2.45) is 0 Å². The van der Waals surface area contributed by atoms with Crippen LogP contribution in [0.4, 0.5) is 0 Å². The molecule has 42 valence electrons. The third kappa shape index (κ3) is 2.27. The zero-order chi connectivity index (χ0) is 5.11. The molecule has 1 unspecified atom stereocenters. The molecule has 0 radical (unpaired) electrons. The molecule has 0 bridgehead atoms. The van der Waals surface area contributed by atoms with Gasteiger partial charge in [0.2, 0.25) is 0 Å². The fourth-order valence-corrected chi connectivity index (χ4v) is 0.710. The predicted octanol–water partition coefficient (Wildman–Crippen LogP) is -2.52. The predicted molar refractivity (Wildman–Crippen MR) is 26.1 cm³/mol. The Morgan fingerprint density at radius 2 is 2.50 bits per heavy atom. The van der Waals surface area contributed by atoms with Crippen LogP contribution in [0.3, 0.4) is 0 Å². The molecule has 0 aliphatic carbocycles. The number of hydrogen-bond acceptors (Lipinski definition) is 2. The molecular formula is C5H9NaO2. The molecule has 8 heavy (non-hydrogen) atoms. The van der Waals surface area contributed by atoms with Crippen molar-refractivity contribution < 1.29 is 40.5 Å². The Bertz CT molecular complexity index is 73.4. The summed E-state index contributed by atoms with van der Waals surface area (Å²) in [7, 11) is 0. The van der Waals surface area contributed by atoms with Crippen LogP contribution in [-0.4, -0.2) is 19.0 Å². The van der Waals surface area contributed by atoms with Crippen LogP contribution in [0.25, 0.3) is 0 Å². The van der Waals surface area contributed by atoms with Gasteiger partial charge in [0, 0.05) is 6.61 Å². The minimum Gasteiger partial charge on any atom is -1.00 e. The second kappa shape index (κ2) is 4.50. The molecule has 0 N–H and O–H groups in total. The van der Waals surface area contributed by atoms with E-state index in [-0.39, 0.29) is 37.1 Å². The minimum atomic E-state index is -0.0833. The van der Waals surface area contributed by atoms with Crippen LogP contribution in [0.5, 0.6) is 0 Å². The maximum atomic E-state index is 9.88. The van der Waals surface area contributed by atoms with Crippen LogP contribution >= 0.6 is 0 Å². The zero-order valence-corrected chi connectivity index (χ0v) is 7.09. The summed E-state index contributed by atoms with van der Waals surface area (Å²) in [4.78, 5) is 9.88. The van der Waals surface area contributed by atoms with Gasteiger partial charge in [0.05, 0.1) is 0 Å². The average Bonchev–Trinajstić information content (AvgIpc) is 2.14. The normalized spacial score (nSPS) is 26.8. The molecule has 1 aliphatic rings. The molecule has 2 nitrogen and oxygen atoms in total. The third-order valence-electron chi connectivity index (χ3n) is 1.12. The fourth-order valence-electron chi connectivity index (χ4n) is 0.710. The molecule has 1 aliphatic heterocycles. The summed E-state index contributed by atoms with van der Waals surface area (Å²) in [5.41, 5.74) is 0. The summed E-state index contributed by atoms with van der Waals surface area (Å²) in [6.45, 7) is 0.767. The number of rotatable bonds is 1. The van der Waals surface area contributed by atoms with E-state index in [1.807, 2.05) is 0 Å². The van der Waals surface area contributed by atoms with Crippen molar-refractivity contribution in [2.45, 2.75) is 18.9 Å². The fraction of sp³-hybridized carbons (Fsp3) is 0.800.